The number of para-hydroxylation sites is 1. The van der Waals surface area contributed by atoms with Crippen LogP contribution in [-0.2, 0) is 0 Å². The van der Waals surface area contributed by atoms with E-state index in [9.17, 15) is 0 Å². The van der Waals surface area contributed by atoms with Crippen LogP contribution in [0.2, 0.25) is 0 Å². The number of alkyl halides is 1. The first-order chi connectivity index (χ1) is 16.3. The highest BCUT2D eigenvalue weighted by molar-refractivity contribution is 9.09. The Morgan fingerprint density at radius 3 is 1.88 bits per heavy atom. The van der Waals surface area contributed by atoms with Gasteiger partial charge in [0.2, 0.25) is 0 Å². The van der Waals surface area contributed by atoms with Crippen molar-refractivity contribution in [1.29, 1.82) is 0 Å². The van der Waals surface area contributed by atoms with E-state index in [0.29, 0.717) is 4.83 Å². The molecule has 0 radical (unpaired) electrons. The molecule has 0 N–H and O–H groups in total. The van der Waals surface area contributed by atoms with E-state index < -0.39 is 0 Å². The molecule has 0 amide bonds. The molecule has 3 rings (SSSR count). The second kappa shape index (κ2) is 15.6. The van der Waals surface area contributed by atoms with Crippen molar-refractivity contribution in [3.8, 4) is 0 Å². The molecule has 2 aliphatic rings. The summed E-state index contributed by atoms with van der Waals surface area (Å²) >= 11 is 3.84. The quantitative estimate of drug-likeness (QED) is 0.148. The molecule has 0 saturated carbocycles. The third kappa shape index (κ3) is 8.78. The molecule has 0 bridgehead atoms. The van der Waals surface area contributed by atoms with Crippen LogP contribution in [0.3, 0.4) is 0 Å². The van der Waals surface area contributed by atoms with E-state index in [4.69, 9.17) is 0 Å². The molecule has 1 nitrogen and oxygen atoms in total. The van der Waals surface area contributed by atoms with Crippen molar-refractivity contribution in [2.24, 2.45) is 0 Å². The van der Waals surface area contributed by atoms with Gasteiger partial charge in [-0.2, -0.15) is 0 Å². The summed E-state index contributed by atoms with van der Waals surface area (Å²) in [6.45, 7) is 3.42. The lowest BCUT2D eigenvalue weighted by molar-refractivity contribution is 0.529. The molecule has 1 unspecified atom stereocenters. The number of hydrogen-bond acceptors (Lipinski definition) is 1. The van der Waals surface area contributed by atoms with Gasteiger partial charge in [0.1, 0.15) is 0 Å². The highest BCUT2D eigenvalue weighted by Gasteiger charge is 2.26. The van der Waals surface area contributed by atoms with E-state index in [-0.39, 0.29) is 0 Å². The zero-order chi connectivity index (χ0) is 23.1. The third-order valence-electron chi connectivity index (χ3n) is 7.19. The maximum Gasteiger partial charge on any atom is 0.0599 e. The maximum atomic E-state index is 3.84. The van der Waals surface area contributed by atoms with Crippen LogP contribution in [0.4, 0.5) is 5.69 Å². The Hall–Kier alpha value is -1.28. The van der Waals surface area contributed by atoms with Gasteiger partial charge in [-0.3, -0.25) is 0 Å². The molecule has 1 aliphatic heterocycles. The van der Waals surface area contributed by atoms with Crippen LogP contribution in [0.15, 0.2) is 53.8 Å². The van der Waals surface area contributed by atoms with Crippen LogP contribution in [0.1, 0.15) is 115 Å². The van der Waals surface area contributed by atoms with Gasteiger partial charge >= 0.3 is 0 Å². The first kappa shape index (κ1) is 26.3. The molecular weight excluding hydrogens is 466 g/mol. The van der Waals surface area contributed by atoms with Crippen molar-refractivity contribution in [1.82, 2.24) is 0 Å². The maximum absolute atomic E-state index is 3.84. The van der Waals surface area contributed by atoms with Crippen LogP contribution in [0, 0.1) is 0 Å². The Kier molecular flexibility index (Phi) is 12.4. The minimum atomic E-state index is 0.319. The lowest BCUT2D eigenvalue weighted by atomic mass is 9.93. The minimum absolute atomic E-state index is 0.319. The van der Waals surface area contributed by atoms with E-state index in [1.807, 2.05) is 0 Å². The Morgan fingerprint density at radius 1 is 0.727 bits per heavy atom. The predicted molar refractivity (Wildman–Crippen MR) is 151 cm³/mol. The minimum Gasteiger partial charge on any atom is -0.341 e. The Balaban J connectivity index is 1.24. The monoisotopic (exact) mass is 511 g/mol. The molecule has 0 saturated heterocycles. The molecule has 1 aromatic rings. The van der Waals surface area contributed by atoms with Gasteiger partial charge in [0.15, 0.2) is 0 Å². The predicted octanol–water partition coefficient (Wildman–Crippen LogP) is 10.4. The number of nitrogens with zero attached hydrogens (tertiary/aromatic N) is 1. The zero-order valence-corrected chi connectivity index (χ0v) is 22.6. The van der Waals surface area contributed by atoms with Crippen LogP contribution >= 0.6 is 15.9 Å². The Labute approximate surface area is 212 Å². The summed E-state index contributed by atoms with van der Waals surface area (Å²) in [6.07, 6.45) is 31.8. The Morgan fingerprint density at radius 2 is 1.27 bits per heavy atom. The highest BCUT2D eigenvalue weighted by Crippen LogP contribution is 2.40. The lowest BCUT2D eigenvalue weighted by Crippen LogP contribution is -2.30. The number of allylic oxidation sites excluding steroid dienone is 4. The average Bonchev–Trinajstić information content (AvgIpc) is 2.84. The van der Waals surface area contributed by atoms with Gasteiger partial charge in [-0.1, -0.05) is 150 Å². The molecule has 2 heteroatoms. The molecule has 0 aromatic heterocycles. The fourth-order valence-electron chi connectivity index (χ4n) is 5.20. The van der Waals surface area contributed by atoms with Crippen LogP contribution in [-0.4, -0.2) is 11.4 Å². The molecule has 33 heavy (non-hydrogen) atoms. The number of fused-ring (bicyclic) bond motifs is 2. The molecule has 182 valence electrons. The second-order valence-corrected chi connectivity index (χ2v) is 10.9. The second-order valence-electron chi connectivity index (χ2n) is 9.95. The van der Waals surface area contributed by atoms with Gasteiger partial charge in [-0.05, 0) is 35.8 Å². The third-order valence-corrected chi connectivity index (χ3v) is 7.99. The number of unbranched alkanes of at least 4 members (excludes halogenated alkanes) is 15. The van der Waals surface area contributed by atoms with E-state index in [0.717, 1.165) is 6.54 Å². The zero-order valence-electron chi connectivity index (χ0n) is 21.0. The van der Waals surface area contributed by atoms with E-state index in [1.165, 1.54) is 125 Å². The van der Waals surface area contributed by atoms with Crippen molar-refractivity contribution in [2.45, 2.75) is 114 Å². The normalized spacial score (nSPS) is 16.9. The van der Waals surface area contributed by atoms with Gasteiger partial charge in [-0.15, -0.1) is 0 Å². The first-order valence-corrected chi connectivity index (χ1v) is 14.8. The Bertz CT molecular complexity index is 775. The van der Waals surface area contributed by atoms with Crippen molar-refractivity contribution in [2.75, 3.05) is 11.4 Å². The van der Waals surface area contributed by atoms with E-state index >= 15 is 0 Å². The SMILES string of the molecule is CCCCCCCCCCCCCCCCCCN1C2=CC=CC(Br)C2=Cc2ccccc21. The number of rotatable bonds is 17. The lowest BCUT2D eigenvalue weighted by Gasteiger charge is -2.36. The molecule has 1 atom stereocenters. The smallest absolute Gasteiger partial charge is 0.0599 e. The van der Waals surface area contributed by atoms with Gasteiger partial charge in [0, 0.05) is 17.9 Å². The standard InChI is InChI=1S/C31H46BrN/c1-2-3-4-5-6-7-8-9-10-11-12-13-14-15-16-19-25-33-30-23-18-17-21-27(30)26-28-29(32)22-20-24-31(28)33/h17-18,20-24,26,29H,2-16,19,25H2,1H3. The molecule has 1 aromatic carbocycles. The number of hydrogen-bond donors (Lipinski definition) is 0. The van der Waals surface area contributed by atoms with Crippen molar-refractivity contribution in [3.05, 3.63) is 59.3 Å². The fourth-order valence-corrected chi connectivity index (χ4v) is 5.74. The van der Waals surface area contributed by atoms with Gasteiger partial charge in [0.25, 0.3) is 0 Å². The number of benzene rings is 1. The topological polar surface area (TPSA) is 3.24 Å². The van der Waals surface area contributed by atoms with Gasteiger partial charge in [-0.25, -0.2) is 0 Å². The first-order valence-electron chi connectivity index (χ1n) is 13.9. The van der Waals surface area contributed by atoms with Crippen molar-refractivity contribution < 1.29 is 0 Å². The highest BCUT2D eigenvalue weighted by atomic mass is 79.9. The van der Waals surface area contributed by atoms with Crippen molar-refractivity contribution >= 4 is 27.7 Å². The van der Waals surface area contributed by atoms with Gasteiger partial charge in [0.05, 0.1) is 4.83 Å². The molecule has 0 spiro atoms. The average molecular weight is 513 g/mol. The summed E-state index contributed by atoms with van der Waals surface area (Å²) in [5, 5.41) is 0. The molecule has 1 aliphatic carbocycles. The van der Waals surface area contributed by atoms with Crippen LogP contribution in [0.25, 0.3) is 6.08 Å². The summed E-state index contributed by atoms with van der Waals surface area (Å²) < 4.78 is 0. The van der Waals surface area contributed by atoms with Crippen molar-refractivity contribution in [3.63, 3.8) is 0 Å². The van der Waals surface area contributed by atoms with Gasteiger partial charge < -0.3 is 4.90 Å². The summed E-state index contributed by atoms with van der Waals surface area (Å²) in [6, 6.07) is 8.84. The van der Waals surface area contributed by atoms with E-state index in [2.05, 4.69) is 76.3 Å². The summed E-state index contributed by atoms with van der Waals surface area (Å²) in [5.41, 5.74) is 5.48. The molecule has 1 heterocycles. The number of halogens is 1. The molecule has 0 fully saturated rings. The summed E-state index contributed by atoms with van der Waals surface area (Å²) in [7, 11) is 0. The largest absolute Gasteiger partial charge is 0.341 e. The fraction of sp³-hybridized carbons (Fsp3) is 0.613. The van der Waals surface area contributed by atoms with Crippen LogP contribution < -0.4 is 4.90 Å². The van der Waals surface area contributed by atoms with E-state index in [1.54, 1.807) is 0 Å². The molecular formula is C31H46BrN. The summed E-state index contributed by atoms with van der Waals surface area (Å²) in [4.78, 5) is 2.87. The van der Waals surface area contributed by atoms with Crippen LogP contribution in [0.5, 0.6) is 0 Å². The summed E-state index contributed by atoms with van der Waals surface area (Å²) in [5.74, 6) is 0. The number of anilines is 1.